The second kappa shape index (κ2) is 7.85. The molecule has 1 aromatic carbocycles. The number of ether oxygens (including phenoxy) is 1. The zero-order valence-electron chi connectivity index (χ0n) is 13.7. The van der Waals surface area contributed by atoms with E-state index in [1.165, 1.54) is 6.42 Å². The second-order valence-corrected chi connectivity index (χ2v) is 6.56. The molecule has 2 aliphatic heterocycles. The first-order chi connectivity index (χ1) is 11.7. The Morgan fingerprint density at radius 3 is 2.62 bits per heavy atom. The zero-order chi connectivity index (χ0) is 16.9. The average Bonchev–Trinajstić information content (AvgIpc) is 3.21. The summed E-state index contributed by atoms with van der Waals surface area (Å²) in [7, 11) is 1.75. The lowest BCUT2D eigenvalue weighted by Gasteiger charge is -2.22. The lowest BCUT2D eigenvalue weighted by molar-refractivity contribution is 0.0954. The van der Waals surface area contributed by atoms with Gasteiger partial charge in [-0.3, -0.25) is 9.79 Å². The third-order valence-electron chi connectivity index (χ3n) is 4.46. The normalized spacial score (nSPS) is 25.6. The van der Waals surface area contributed by atoms with Gasteiger partial charge < -0.3 is 20.7 Å². The van der Waals surface area contributed by atoms with Crippen molar-refractivity contribution in [2.45, 2.75) is 37.5 Å². The highest BCUT2D eigenvalue weighted by atomic mass is 35.5. The van der Waals surface area contributed by atoms with Crippen molar-refractivity contribution < 1.29 is 9.53 Å². The van der Waals surface area contributed by atoms with Gasteiger partial charge in [0.25, 0.3) is 5.91 Å². The number of aliphatic imine (C=N–C) groups is 1. The number of rotatable bonds is 5. The monoisotopic (exact) mass is 350 g/mol. The van der Waals surface area contributed by atoms with E-state index < -0.39 is 0 Å². The van der Waals surface area contributed by atoms with Crippen LogP contribution in [-0.4, -0.2) is 50.3 Å². The van der Waals surface area contributed by atoms with Crippen molar-refractivity contribution in [3.63, 3.8) is 0 Å². The summed E-state index contributed by atoms with van der Waals surface area (Å²) in [5.41, 5.74) is 0.598. The highest BCUT2D eigenvalue weighted by molar-refractivity contribution is 6.30. The Labute approximate surface area is 147 Å². The molecule has 3 unspecified atom stereocenters. The van der Waals surface area contributed by atoms with E-state index in [4.69, 9.17) is 16.3 Å². The number of carbonyl (C=O) groups is 1. The molecule has 3 rings (SSSR count). The molecule has 7 heteroatoms. The lowest BCUT2D eigenvalue weighted by Crippen LogP contribution is -2.48. The Hall–Kier alpha value is -1.79. The summed E-state index contributed by atoms with van der Waals surface area (Å²) in [6.45, 7) is 1.11. The molecule has 130 valence electrons. The topological polar surface area (TPSA) is 74.8 Å². The Morgan fingerprint density at radius 2 is 2.00 bits per heavy atom. The molecule has 3 N–H and O–H groups in total. The quantitative estimate of drug-likeness (QED) is 0.428. The van der Waals surface area contributed by atoms with Crippen LogP contribution in [0.2, 0.25) is 5.02 Å². The fourth-order valence-electron chi connectivity index (χ4n) is 3.22. The molecule has 3 atom stereocenters. The number of fused-ring (bicyclic) bond motifs is 2. The minimum absolute atomic E-state index is 0.113. The first kappa shape index (κ1) is 17.0. The van der Waals surface area contributed by atoms with Gasteiger partial charge in [-0.15, -0.1) is 0 Å². The van der Waals surface area contributed by atoms with E-state index in [1.807, 2.05) is 0 Å². The van der Waals surface area contributed by atoms with E-state index in [1.54, 1.807) is 31.3 Å². The van der Waals surface area contributed by atoms with Crippen molar-refractivity contribution >= 4 is 23.5 Å². The van der Waals surface area contributed by atoms with Gasteiger partial charge in [-0.2, -0.15) is 0 Å². The van der Waals surface area contributed by atoms with Gasteiger partial charge >= 0.3 is 0 Å². The molecule has 0 saturated carbocycles. The van der Waals surface area contributed by atoms with E-state index in [2.05, 4.69) is 20.9 Å². The first-order valence-corrected chi connectivity index (χ1v) is 8.70. The minimum Gasteiger partial charge on any atom is -0.373 e. The summed E-state index contributed by atoms with van der Waals surface area (Å²) in [4.78, 5) is 16.2. The van der Waals surface area contributed by atoms with Gasteiger partial charge in [-0.25, -0.2) is 0 Å². The van der Waals surface area contributed by atoms with Gasteiger partial charge in [0.2, 0.25) is 0 Å². The van der Waals surface area contributed by atoms with Gasteiger partial charge in [-0.1, -0.05) is 11.6 Å². The van der Waals surface area contributed by atoms with Crippen LogP contribution in [0.3, 0.4) is 0 Å². The van der Waals surface area contributed by atoms with Crippen LogP contribution in [0.1, 0.15) is 29.6 Å². The molecular formula is C17H23ClN4O2. The van der Waals surface area contributed by atoms with Crippen molar-refractivity contribution in [1.82, 2.24) is 16.0 Å². The van der Waals surface area contributed by atoms with E-state index in [0.29, 0.717) is 41.9 Å². The number of hydrogen-bond acceptors (Lipinski definition) is 3. The maximum Gasteiger partial charge on any atom is 0.251 e. The SMILES string of the molecule is CN=C(NCCNC(=O)c1ccc(Cl)cc1)NC1CC2CCC1O2. The molecule has 0 aromatic heterocycles. The summed E-state index contributed by atoms with van der Waals surface area (Å²) in [6.07, 6.45) is 4.04. The number of benzene rings is 1. The van der Waals surface area contributed by atoms with Crippen LogP contribution in [-0.2, 0) is 4.74 Å². The van der Waals surface area contributed by atoms with E-state index >= 15 is 0 Å². The average molecular weight is 351 g/mol. The molecule has 1 amide bonds. The Balaban J connectivity index is 1.37. The van der Waals surface area contributed by atoms with Crippen LogP contribution in [0.5, 0.6) is 0 Å². The van der Waals surface area contributed by atoms with Crippen LogP contribution in [0.4, 0.5) is 0 Å². The molecule has 2 bridgehead atoms. The fourth-order valence-corrected chi connectivity index (χ4v) is 3.35. The zero-order valence-corrected chi connectivity index (χ0v) is 14.5. The van der Waals surface area contributed by atoms with Crippen LogP contribution in [0, 0.1) is 0 Å². The molecule has 1 aromatic rings. The molecule has 2 aliphatic rings. The Bertz CT molecular complexity index is 605. The summed E-state index contributed by atoms with van der Waals surface area (Å²) >= 11 is 5.82. The number of hydrogen-bond donors (Lipinski definition) is 3. The number of carbonyl (C=O) groups excluding carboxylic acids is 1. The Kier molecular flexibility index (Phi) is 5.58. The standard InChI is InChI=1S/C17H23ClN4O2/c1-19-17(22-14-10-13-6-7-15(14)24-13)21-9-8-20-16(23)11-2-4-12(18)5-3-11/h2-5,13-15H,6-10H2,1H3,(H,20,23)(H2,19,21,22). The summed E-state index contributed by atoms with van der Waals surface area (Å²) in [6, 6.07) is 7.16. The smallest absolute Gasteiger partial charge is 0.251 e. The third-order valence-corrected chi connectivity index (χ3v) is 4.71. The van der Waals surface area contributed by atoms with Gasteiger partial charge in [-0.05, 0) is 43.5 Å². The minimum atomic E-state index is -0.113. The first-order valence-electron chi connectivity index (χ1n) is 8.32. The van der Waals surface area contributed by atoms with E-state index in [-0.39, 0.29) is 5.91 Å². The number of nitrogens with one attached hydrogen (secondary N) is 3. The largest absolute Gasteiger partial charge is 0.373 e. The fraction of sp³-hybridized carbons (Fsp3) is 0.529. The maximum absolute atomic E-state index is 12.0. The molecule has 2 fully saturated rings. The molecule has 6 nitrogen and oxygen atoms in total. The predicted octanol–water partition coefficient (Wildman–Crippen LogP) is 1.55. The van der Waals surface area contributed by atoms with Gasteiger partial charge in [0.15, 0.2) is 5.96 Å². The summed E-state index contributed by atoms with van der Waals surface area (Å²) in [5.74, 6) is 0.634. The molecular weight excluding hydrogens is 328 g/mol. The summed E-state index contributed by atoms with van der Waals surface area (Å²) < 4.78 is 5.83. The molecule has 0 spiro atoms. The third kappa shape index (κ3) is 4.19. The molecule has 2 saturated heterocycles. The molecule has 2 heterocycles. The van der Waals surface area contributed by atoms with E-state index in [9.17, 15) is 4.79 Å². The highest BCUT2D eigenvalue weighted by Crippen LogP contribution is 2.34. The van der Waals surface area contributed by atoms with E-state index in [0.717, 1.165) is 18.8 Å². The number of halogens is 1. The number of amides is 1. The summed E-state index contributed by atoms with van der Waals surface area (Å²) in [5, 5.41) is 10.1. The highest BCUT2D eigenvalue weighted by Gasteiger charge is 2.41. The van der Waals surface area contributed by atoms with Crippen LogP contribution >= 0.6 is 11.6 Å². The van der Waals surface area contributed by atoms with Crippen LogP contribution in [0.15, 0.2) is 29.3 Å². The predicted molar refractivity (Wildman–Crippen MR) is 94.6 cm³/mol. The van der Waals surface area contributed by atoms with Crippen molar-refractivity contribution in [2.24, 2.45) is 4.99 Å². The molecule has 0 radical (unpaired) electrons. The van der Waals surface area contributed by atoms with Crippen LogP contribution in [0.25, 0.3) is 0 Å². The Morgan fingerprint density at radius 1 is 1.25 bits per heavy atom. The lowest BCUT2D eigenvalue weighted by atomic mass is 9.96. The maximum atomic E-state index is 12.0. The van der Waals surface area contributed by atoms with Gasteiger partial charge in [0.1, 0.15) is 0 Å². The van der Waals surface area contributed by atoms with Crippen molar-refractivity contribution in [3.8, 4) is 0 Å². The second-order valence-electron chi connectivity index (χ2n) is 6.12. The molecule has 24 heavy (non-hydrogen) atoms. The van der Waals surface area contributed by atoms with Gasteiger partial charge in [0.05, 0.1) is 18.2 Å². The number of nitrogens with zero attached hydrogens (tertiary/aromatic N) is 1. The van der Waals surface area contributed by atoms with Crippen molar-refractivity contribution in [1.29, 1.82) is 0 Å². The van der Waals surface area contributed by atoms with Crippen LogP contribution < -0.4 is 16.0 Å². The molecule has 0 aliphatic carbocycles. The van der Waals surface area contributed by atoms with Crippen molar-refractivity contribution in [3.05, 3.63) is 34.9 Å². The van der Waals surface area contributed by atoms with Crippen molar-refractivity contribution in [2.75, 3.05) is 20.1 Å². The van der Waals surface area contributed by atoms with Gasteiger partial charge in [0, 0.05) is 30.7 Å². The number of guanidine groups is 1.